The Morgan fingerprint density at radius 2 is 2.17 bits per heavy atom. The molecule has 0 unspecified atom stereocenters. The number of fused-ring (bicyclic) bond motifs is 1. The molecule has 12 heteroatoms. The Labute approximate surface area is 163 Å². The number of benzene rings is 1. The van der Waals surface area contributed by atoms with Gasteiger partial charge < -0.3 is 14.7 Å². The molecule has 2 aliphatic rings. The van der Waals surface area contributed by atoms with Gasteiger partial charge in [0, 0.05) is 5.56 Å². The van der Waals surface area contributed by atoms with Crippen LogP contribution in [0.15, 0.2) is 24.3 Å². The zero-order chi connectivity index (χ0) is 20.1. The fourth-order valence-electron chi connectivity index (χ4n) is 3.49. The van der Waals surface area contributed by atoms with Crippen molar-refractivity contribution < 1.29 is 19.0 Å². The van der Waals surface area contributed by atoms with Crippen molar-refractivity contribution in [1.82, 2.24) is 30.0 Å². The van der Waals surface area contributed by atoms with Crippen LogP contribution in [-0.2, 0) is 25.0 Å². The van der Waals surface area contributed by atoms with Gasteiger partial charge in [0.1, 0.15) is 18.6 Å². The maximum Gasteiger partial charge on any atom is 0.414 e. The minimum atomic E-state index is -0.604. The molecule has 29 heavy (non-hydrogen) atoms. The molecule has 1 amide bonds. The average molecular weight is 400 g/mol. The van der Waals surface area contributed by atoms with Crippen molar-refractivity contribution in [3.05, 3.63) is 35.8 Å². The van der Waals surface area contributed by atoms with Gasteiger partial charge in [-0.25, -0.2) is 13.9 Å². The average Bonchev–Trinajstić information content (AvgIpc) is 3.44. The van der Waals surface area contributed by atoms with Gasteiger partial charge in [0.2, 0.25) is 0 Å². The van der Waals surface area contributed by atoms with Crippen LogP contribution in [0.5, 0.6) is 0 Å². The molecule has 3 aromatic rings. The zero-order valence-electron chi connectivity index (χ0n) is 15.4. The van der Waals surface area contributed by atoms with E-state index in [1.54, 1.807) is 23.9 Å². The first-order chi connectivity index (χ1) is 14.0. The van der Waals surface area contributed by atoms with E-state index in [0.717, 1.165) is 5.69 Å². The van der Waals surface area contributed by atoms with Crippen LogP contribution in [0, 0.1) is 5.82 Å². The molecule has 1 N–H and O–H groups in total. The molecule has 0 spiro atoms. The van der Waals surface area contributed by atoms with E-state index in [2.05, 4.69) is 20.5 Å². The smallest absolute Gasteiger partial charge is 0.414 e. The number of hydrogen-bond acceptors (Lipinski definition) is 8. The molecule has 5 rings (SSSR count). The predicted octanol–water partition coefficient (Wildman–Crippen LogP) is 0.508. The van der Waals surface area contributed by atoms with E-state index in [9.17, 15) is 9.18 Å². The number of aryl methyl sites for hydroxylation is 1. The van der Waals surface area contributed by atoms with Gasteiger partial charge in [-0.3, -0.25) is 4.90 Å². The van der Waals surface area contributed by atoms with Gasteiger partial charge in [0.15, 0.2) is 0 Å². The van der Waals surface area contributed by atoms with Crippen LogP contribution in [0.2, 0.25) is 0 Å². The fourth-order valence-corrected chi connectivity index (χ4v) is 3.49. The number of carbonyl (C=O) groups excluding carboxylic acids is 1. The first-order valence-electron chi connectivity index (χ1n) is 8.96. The summed E-state index contributed by atoms with van der Waals surface area (Å²) in [4.78, 5) is 16.5. The van der Waals surface area contributed by atoms with Gasteiger partial charge in [-0.1, -0.05) is 5.10 Å². The number of aliphatic hydroxyl groups is 1. The summed E-state index contributed by atoms with van der Waals surface area (Å²) >= 11 is 0. The van der Waals surface area contributed by atoms with Crippen molar-refractivity contribution in [2.45, 2.75) is 19.3 Å². The molecule has 1 aromatic carbocycles. The molecule has 4 heterocycles. The molecule has 2 aliphatic heterocycles. The van der Waals surface area contributed by atoms with E-state index < -0.39 is 18.0 Å². The Balaban J connectivity index is 1.36. The summed E-state index contributed by atoms with van der Waals surface area (Å²) in [6.45, 7) is 0.896. The molecule has 1 fully saturated rings. The van der Waals surface area contributed by atoms with Gasteiger partial charge in [-0.2, -0.15) is 9.90 Å². The Kier molecular flexibility index (Phi) is 3.94. The quantitative estimate of drug-likeness (QED) is 0.674. The van der Waals surface area contributed by atoms with Gasteiger partial charge in [0.05, 0.1) is 43.8 Å². The molecule has 0 radical (unpaired) electrons. The third kappa shape index (κ3) is 2.97. The lowest BCUT2D eigenvalue weighted by Gasteiger charge is -2.14. The molecule has 1 atom stereocenters. The minimum absolute atomic E-state index is 0.180. The fraction of sp³-hybridized carbons (Fsp3) is 0.353. The second-order valence-electron chi connectivity index (χ2n) is 6.90. The van der Waals surface area contributed by atoms with Gasteiger partial charge in [-0.15, -0.1) is 5.10 Å². The molecule has 1 saturated heterocycles. The van der Waals surface area contributed by atoms with Gasteiger partial charge in [0.25, 0.3) is 5.95 Å². The van der Waals surface area contributed by atoms with Crippen molar-refractivity contribution in [3.63, 3.8) is 0 Å². The maximum atomic E-state index is 14.8. The number of aromatic nitrogens is 6. The highest BCUT2D eigenvalue weighted by Crippen LogP contribution is 2.30. The van der Waals surface area contributed by atoms with Crippen LogP contribution in [0.25, 0.3) is 11.3 Å². The minimum Gasteiger partial charge on any atom is -0.441 e. The van der Waals surface area contributed by atoms with E-state index in [4.69, 9.17) is 9.84 Å². The number of carbonyl (C=O) groups is 1. The number of tetrazole rings is 1. The summed E-state index contributed by atoms with van der Waals surface area (Å²) in [5.41, 5.74) is 2.13. The highest BCUT2D eigenvalue weighted by Gasteiger charge is 2.32. The zero-order valence-corrected chi connectivity index (χ0v) is 15.4. The lowest BCUT2D eigenvalue weighted by molar-refractivity contribution is 0.0963. The monoisotopic (exact) mass is 400 g/mol. The first kappa shape index (κ1) is 17.6. The maximum absolute atomic E-state index is 14.8. The Bertz CT molecular complexity index is 1070. The topological polar surface area (TPSA) is 114 Å². The summed E-state index contributed by atoms with van der Waals surface area (Å²) in [6, 6.07) is 6.32. The Morgan fingerprint density at radius 1 is 1.31 bits per heavy atom. The number of cyclic esters (lactones) is 1. The van der Waals surface area contributed by atoms with E-state index in [-0.39, 0.29) is 13.2 Å². The summed E-state index contributed by atoms with van der Waals surface area (Å²) in [5, 5.41) is 25.6. The number of rotatable bonds is 4. The van der Waals surface area contributed by atoms with Gasteiger partial charge >= 0.3 is 6.09 Å². The van der Waals surface area contributed by atoms with Crippen LogP contribution >= 0.6 is 0 Å². The Hall–Kier alpha value is -3.54. The molecule has 11 nitrogen and oxygen atoms in total. The number of ether oxygens (including phenoxy) is 1. The lowest BCUT2D eigenvalue weighted by Crippen LogP contribution is -2.25. The second kappa shape index (κ2) is 6.51. The molecule has 0 aliphatic carbocycles. The van der Waals surface area contributed by atoms with E-state index in [0.29, 0.717) is 36.1 Å². The number of hydrogen-bond donors (Lipinski definition) is 1. The normalized spacial score (nSPS) is 18.4. The lowest BCUT2D eigenvalue weighted by atomic mass is 10.1. The van der Waals surface area contributed by atoms with E-state index in [1.807, 2.05) is 11.0 Å². The highest BCUT2D eigenvalue weighted by molar-refractivity contribution is 5.90. The number of amides is 1. The van der Waals surface area contributed by atoms with Crippen molar-refractivity contribution in [3.8, 4) is 11.3 Å². The van der Waals surface area contributed by atoms with Crippen molar-refractivity contribution in [1.29, 1.82) is 0 Å². The number of aliphatic hydroxyl groups excluding tert-OH is 1. The van der Waals surface area contributed by atoms with Gasteiger partial charge in [-0.05, 0) is 29.5 Å². The highest BCUT2D eigenvalue weighted by atomic mass is 19.1. The standard InChI is InChI=1S/C17H17FN8O3/c1-23-21-16(19-22-23)24-6-11-5-15(20-26(11)9-24)13-3-2-10(4-14(13)18)25-7-12(8-27)29-17(25)28/h2-5,12,27H,6-9H2,1H3/t12-/m1/s1. The Morgan fingerprint density at radius 3 is 2.83 bits per heavy atom. The third-order valence-electron chi connectivity index (χ3n) is 4.92. The van der Waals surface area contributed by atoms with Crippen molar-refractivity contribution in [2.24, 2.45) is 7.05 Å². The number of anilines is 2. The number of nitrogens with zero attached hydrogens (tertiary/aromatic N) is 8. The van der Waals surface area contributed by atoms with Crippen LogP contribution in [0.4, 0.5) is 20.8 Å². The molecule has 150 valence electrons. The second-order valence-corrected chi connectivity index (χ2v) is 6.90. The third-order valence-corrected chi connectivity index (χ3v) is 4.92. The van der Waals surface area contributed by atoms with Crippen molar-refractivity contribution >= 4 is 17.7 Å². The number of halogens is 1. The summed E-state index contributed by atoms with van der Waals surface area (Å²) in [5.74, 6) is 0.0146. The largest absolute Gasteiger partial charge is 0.441 e. The molecular formula is C17H17FN8O3. The van der Waals surface area contributed by atoms with Crippen LogP contribution in [-0.4, -0.2) is 60.4 Å². The molecular weight excluding hydrogens is 383 g/mol. The van der Waals surface area contributed by atoms with Crippen LogP contribution in [0.3, 0.4) is 0 Å². The van der Waals surface area contributed by atoms with Crippen LogP contribution in [0.1, 0.15) is 5.69 Å². The van der Waals surface area contributed by atoms with E-state index >= 15 is 0 Å². The first-order valence-corrected chi connectivity index (χ1v) is 8.96. The summed E-state index contributed by atoms with van der Waals surface area (Å²) < 4.78 is 21.5. The molecule has 0 bridgehead atoms. The summed E-state index contributed by atoms with van der Waals surface area (Å²) in [7, 11) is 1.70. The summed E-state index contributed by atoms with van der Waals surface area (Å²) in [6.07, 6.45) is -1.21. The van der Waals surface area contributed by atoms with Crippen LogP contribution < -0.4 is 9.80 Å². The van der Waals surface area contributed by atoms with Crippen molar-refractivity contribution in [2.75, 3.05) is 23.0 Å². The SMILES string of the molecule is Cn1nnc(N2Cc3cc(-c4ccc(N5C[C@H](CO)OC5=O)cc4F)nn3C2)n1. The molecule has 2 aromatic heterocycles. The molecule has 0 saturated carbocycles. The van der Waals surface area contributed by atoms with E-state index in [1.165, 1.54) is 15.8 Å². The predicted molar refractivity (Wildman–Crippen MR) is 97.3 cm³/mol.